The standard InChI is InChI=1S/C16H18ClN5O2S3/c1-27(23,24)10-4-2-3-9-22-15(19-20-21-22)26-16-18-14(11-25-16)12-5-7-13(17)8-6-12/h5-8,11H,2-4,9-10H2,1H3. The molecule has 2 aromatic heterocycles. The SMILES string of the molecule is CS(=O)(=O)CCCCCn1nnnc1Sc1nc(-c2ccc(Cl)cc2)cs1. The molecule has 0 unspecified atom stereocenters. The van der Waals surface area contributed by atoms with E-state index in [-0.39, 0.29) is 5.75 Å². The number of aryl methyl sites for hydroxylation is 1. The molecular formula is C16H18ClN5O2S3. The van der Waals surface area contributed by atoms with E-state index in [1.54, 1.807) is 4.68 Å². The van der Waals surface area contributed by atoms with Crippen molar-refractivity contribution in [3.8, 4) is 11.3 Å². The van der Waals surface area contributed by atoms with E-state index in [0.29, 0.717) is 23.1 Å². The number of benzene rings is 1. The van der Waals surface area contributed by atoms with Crippen LogP contribution in [0, 0.1) is 0 Å². The molecule has 0 aliphatic heterocycles. The van der Waals surface area contributed by atoms with Crippen LogP contribution in [0.15, 0.2) is 39.1 Å². The molecule has 7 nitrogen and oxygen atoms in total. The molecule has 144 valence electrons. The number of nitrogens with zero attached hydrogens (tertiary/aromatic N) is 5. The Kier molecular flexibility index (Phi) is 6.85. The summed E-state index contributed by atoms with van der Waals surface area (Å²) in [5.41, 5.74) is 1.90. The van der Waals surface area contributed by atoms with Gasteiger partial charge in [-0.15, -0.1) is 16.4 Å². The minimum atomic E-state index is -2.90. The number of tetrazole rings is 1. The maximum atomic E-state index is 11.1. The van der Waals surface area contributed by atoms with E-state index < -0.39 is 9.84 Å². The fourth-order valence-electron chi connectivity index (χ4n) is 2.35. The molecule has 3 rings (SSSR count). The Morgan fingerprint density at radius 1 is 1.19 bits per heavy atom. The zero-order chi connectivity index (χ0) is 19.3. The van der Waals surface area contributed by atoms with Gasteiger partial charge in [-0.3, -0.25) is 0 Å². The Balaban J connectivity index is 1.56. The Morgan fingerprint density at radius 2 is 1.96 bits per heavy atom. The van der Waals surface area contributed by atoms with Gasteiger partial charge < -0.3 is 0 Å². The van der Waals surface area contributed by atoms with Crippen molar-refractivity contribution in [2.75, 3.05) is 12.0 Å². The van der Waals surface area contributed by atoms with E-state index in [1.165, 1.54) is 29.4 Å². The summed E-state index contributed by atoms with van der Waals surface area (Å²) in [6.07, 6.45) is 3.55. The largest absolute Gasteiger partial charge is 0.229 e. The molecule has 1 aromatic carbocycles. The first-order chi connectivity index (χ1) is 12.9. The van der Waals surface area contributed by atoms with Gasteiger partial charge in [0.15, 0.2) is 4.34 Å². The summed E-state index contributed by atoms with van der Waals surface area (Å²) in [6, 6.07) is 7.56. The van der Waals surface area contributed by atoms with Crippen molar-refractivity contribution in [2.24, 2.45) is 0 Å². The molecule has 0 atom stereocenters. The lowest BCUT2D eigenvalue weighted by Crippen LogP contribution is -2.05. The number of halogens is 1. The molecule has 2 heterocycles. The first kappa shape index (κ1) is 20.2. The Morgan fingerprint density at radius 3 is 2.70 bits per heavy atom. The fraction of sp³-hybridized carbons (Fsp3) is 0.375. The zero-order valence-corrected chi connectivity index (χ0v) is 17.8. The van der Waals surface area contributed by atoms with Gasteiger partial charge in [0.05, 0.1) is 5.69 Å². The minimum absolute atomic E-state index is 0.219. The van der Waals surface area contributed by atoms with Crippen molar-refractivity contribution in [3.05, 3.63) is 34.7 Å². The molecular weight excluding hydrogens is 426 g/mol. The maximum Gasteiger partial charge on any atom is 0.216 e. The fourth-order valence-corrected chi connectivity index (χ4v) is 4.93. The molecule has 0 aliphatic rings. The number of hydrogen-bond donors (Lipinski definition) is 0. The third-order valence-corrected chi connectivity index (χ3v) is 6.88. The van der Waals surface area contributed by atoms with E-state index in [1.807, 2.05) is 29.6 Å². The average molecular weight is 444 g/mol. The van der Waals surface area contributed by atoms with Gasteiger partial charge in [-0.1, -0.05) is 30.2 Å². The highest BCUT2D eigenvalue weighted by atomic mass is 35.5. The molecule has 0 bridgehead atoms. The molecule has 0 radical (unpaired) electrons. The summed E-state index contributed by atoms with van der Waals surface area (Å²) >= 11 is 8.88. The van der Waals surface area contributed by atoms with Gasteiger partial charge in [0.25, 0.3) is 0 Å². The molecule has 0 N–H and O–H groups in total. The molecule has 0 fully saturated rings. The third-order valence-electron chi connectivity index (χ3n) is 3.69. The third kappa shape index (κ3) is 6.27. The smallest absolute Gasteiger partial charge is 0.216 e. The number of unbranched alkanes of at least 4 members (excludes halogenated alkanes) is 2. The van der Waals surface area contributed by atoms with E-state index in [2.05, 4.69) is 20.5 Å². The quantitative estimate of drug-likeness (QED) is 0.464. The van der Waals surface area contributed by atoms with E-state index in [0.717, 1.165) is 28.4 Å². The van der Waals surface area contributed by atoms with Crippen LogP contribution < -0.4 is 0 Å². The topological polar surface area (TPSA) is 90.6 Å². The number of rotatable bonds is 9. The van der Waals surface area contributed by atoms with Crippen molar-refractivity contribution in [1.82, 2.24) is 25.2 Å². The zero-order valence-electron chi connectivity index (χ0n) is 14.6. The Bertz CT molecular complexity index is 986. The van der Waals surface area contributed by atoms with Gasteiger partial charge in [0.1, 0.15) is 9.84 Å². The van der Waals surface area contributed by atoms with Gasteiger partial charge in [0.2, 0.25) is 5.16 Å². The number of sulfone groups is 1. The molecule has 0 saturated carbocycles. The van der Waals surface area contributed by atoms with Crippen LogP contribution in [0.25, 0.3) is 11.3 Å². The average Bonchev–Trinajstić information content (AvgIpc) is 3.24. The normalized spacial score (nSPS) is 11.8. The van der Waals surface area contributed by atoms with Crippen LogP contribution in [-0.2, 0) is 16.4 Å². The van der Waals surface area contributed by atoms with Crippen LogP contribution in [-0.4, -0.2) is 45.6 Å². The summed E-state index contributed by atoms with van der Waals surface area (Å²) in [4.78, 5) is 4.63. The summed E-state index contributed by atoms with van der Waals surface area (Å²) in [5.74, 6) is 0.219. The van der Waals surface area contributed by atoms with Gasteiger partial charge in [0, 0.05) is 34.5 Å². The second-order valence-electron chi connectivity index (χ2n) is 5.98. The van der Waals surface area contributed by atoms with Crippen molar-refractivity contribution >= 4 is 44.5 Å². The predicted octanol–water partition coefficient (Wildman–Crippen LogP) is 3.82. The number of thiazole rings is 1. The van der Waals surface area contributed by atoms with Crippen LogP contribution in [0.3, 0.4) is 0 Å². The lowest BCUT2D eigenvalue weighted by molar-refractivity contribution is 0.505. The van der Waals surface area contributed by atoms with E-state index in [4.69, 9.17) is 11.6 Å². The van der Waals surface area contributed by atoms with Crippen molar-refractivity contribution < 1.29 is 8.42 Å². The van der Waals surface area contributed by atoms with Gasteiger partial charge >= 0.3 is 0 Å². The number of hydrogen-bond acceptors (Lipinski definition) is 8. The maximum absolute atomic E-state index is 11.1. The molecule has 3 aromatic rings. The van der Waals surface area contributed by atoms with Crippen LogP contribution in [0.2, 0.25) is 5.02 Å². The molecule has 0 aliphatic carbocycles. The second-order valence-corrected chi connectivity index (χ2v) is 10.8. The van der Waals surface area contributed by atoms with Crippen LogP contribution in [0.5, 0.6) is 0 Å². The lowest BCUT2D eigenvalue weighted by atomic mass is 10.2. The summed E-state index contributed by atoms with van der Waals surface area (Å²) in [7, 11) is -2.90. The van der Waals surface area contributed by atoms with Crippen molar-refractivity contribution in [2.45, 2.75) is 35.3 Å². The highest BCUT2D eigenvalue weighted by molar-refractivity contribution is 8.00. The van der Waals surface area contributed by atoms with Gasteiger partial charge in [-0.05, 0) is 47.2 Å². The van der Waals surface area contributed by atoms with Crippen LogP contribution in [0.1, 0.15) is 19.3 Å². The van der Waals surface area contributed by atoms with E-state index >= 15 is 0 Å². The van der Waals surface area contributed by atoms with Gasteiger partial charge in [-0.25, -0.2) is 18.1 Å². The summed E-state index contributed by atoms with van der Waals surface area (Å²) < 4.78 is 24.9. The van der Waals surface area contributed by atoms with Crippen LogP contribution >= 0.6 is 34.7 Å². The molecule has 0 saturated heterocycles. The van der Waals surface area contributed by atoms with Crippen molar-refractivity contribution in [3.63, 3.8) is 0 Å². The predicted molar refractivity (Wildman–Crippen MR) is 108 cm³/mol. The van der Waals surface area contributed by atoms with E-state index in [9.17, 15) is 8.42 Å². The minimum Gasteiger partial charge on any atom is -0.229 e. The highest BCUT2D eigenvalue weighted by Crippen LogP contribution is 2.32. The lowest BCUT2D eigenvalue weighted by Gasteiger charge is -2.03. The van der Waals surface area contributed by atoms with Gasteiger partial charge in [-0.2, -0.15) is 0 Å². The number of aromatic nitrogens is 5. The molecule has 27 heavy (non-hydrogen) atoms. The molecule has 0 amide bonds. The summed E-state index contributed by atoms with van der Waals surface area (Å²) in [5, 5.41) is 15.2. The molecule has 0 spiro atoms. The van der Waals surface area contributed by atoms with Crippen molar-refractivity contribution in [1.29, 1.82) is 0 Å². The molecule has 11 heteroatoms. The first-order valence-corrected chi connectivity index (χ1v) is 12.4. The summed E-state index contributed by atoms with van der Waals surface area (Å²) in [6.45, 7) is 0.647. The second kappa shape index (κ2) is 9.13. The van der Waals surface area contributed by atoms with Crippen LogP contribution in [0.4, 0.5) is 0 Å². The first-order valence-electron chi connectivity index (χ1n) is 8.24. The Labute approximate surface area is 171 Å². The monoisotopic (exact) mass is 443 g/mol. The Hall–Kier alpha value is -1.49. The highest BCUT2D eigenvalue weighted by Gasteiger charge is 2.12.